The zero-order valence-corrected chi connectivity index (χ0v) is 14.0. The standard InChI is InChI=1S/C12H12F16N2/c13-5(14,3-1-2-4-29)6(15,16)7(17,18)8(19,20)9(21,22)10(23,24)11(25,26)12(27,28)30/h1-4,29-30H2. The quantitative estimate of drug-likeness (QED) is 0.241. The Hall–Kier alpha value is -1.20. The van der Waals surface area contributed by atoms with Gasteiger partial charge in [0.25, 0.3) is 0 Å². The fraction of sp³-hybridized carbons (Fsp3) is 1.00. The van der Waals surface area contributed by atoms with E-state index >= 15 is 0 Å². The third kappa shape index (κ3) is 3.88. The molecule has 0 aliphatic rings. The minimum atomic E-state index is -8.42. The van der Waals surface area contributed by atoms with Crippen molar-refractivity contribution >= 4 is 0 Å². The van der Waals surface area contributed by atoms with Crippen molar-refractivity contribution in [2.45, 2.75) is 66.8 Å². The van der Waals surface area contributed by atoms with Gasteiger partial charge in [0.2, 0.25) is 0 Å². The van der Waals surface area contributed by atoms with E-state index in [1.807, 2.05) is 0 Å². The van der Waals surface area contributed by atoms with Crippen LogP contribution in [0.5, 0.6) is 0 Å². The van der Waals surface area contributed by atoms with E-state index in [-0.39, 0.29) is 0 Å². The van der Waals surface area contributed by atoms with Crippen molar-refractivity contribution in [3.05, 3.63) is 0 Å². The lowest BCUT2D eigenvalue weighted by Gasteiger charge is -2.43. The van der Waals surface area contributed by atoms with E-state index in [0.717, 1.165) is 0 Å². The first-order chi connectivity index (χ1) is 12.8. The van der Waals surface area contributed by atoms with Gasteiger partial charge in [0.15, 0.2) is 0 Å². The molecule has 0 heterocycles. The SMILES string of the molecule is NCCCCC(F)(F)C(F)(F)C(F)(F)C(F)(F)C(F)(F)C(F)(F)C(F)(F)C(N)(F)F. The Morgan fingerprint density at radius 2 is 0.733 bits per heavy atom. The zero-order valence-electron chi connectivity index (χ0n) is 14.0. The molecule has 0 aliphatic heterocycles. The molecule has 0 aliphatic carbocycles. The van der Waals surface area contributed by atoms with E-state index in [2.05, 4.69) is 5.73 Å². The molecule has 0 unspecified atom stereocenters. The van der Waals surface area contributed by atoms with Gasteiger partial charge >= 0.3 is 47.5 Å². The summed E-state index contributed by atoms with van der Waals surface area (Å²) >= 11 is 0. The van der Waals surface area contributed by atoms with Gasteiger partial charge in [-0.25, -0.2) is 0 Å². The summed E-state index contributed by atoms with van der Waals surface area (Å²) in [4.78, 5) is 0. The molecule has 182 valence electrons. The van der Waals surface area contributed by atoms with Crippen molar-refractivity contribution in [3.8, 4) is 0 Å². The number of hydrogen-bond acceptors (Lipinski definition) is 2. The number of nitrogens with two attached hydrogens (primary N) is 2. The van der Waals surface area contributed by atoms with Crippen molar-refractivity contribution in [2.75, 3.05) is 6.54 Å². The largest absolute Gasteiger partial charge is 0.392 e. The molecule has 18 heteroatoms. The highest BCUT2D eigenvalue weighted by Crippen LogP contribution is 2.63. The molecule has 30 heavy (non-hydrogen) atoms. The molecule has 0 amide bonds. The van der Waals surface area contributed by atoms with Crippen LogP contribution in [0.3, 0.4) is 0 Å². The van der Waals surface area contributed by atoms with E-state index in [4.69, 9.17) is 5.73 Å². The molecular weight excluding hydrogens is 476 g/mol. The topological polar surface area (TPSA) is 52.0 Å². The van der Waals surface area contributed by atoms with Crippen LogP contribution in [0, 0.1) is 0 Å². The lowest BCUT2D eigenvalue weighted by Crippen LogP contribution is -2.75. The van der Waals surface area contributed by atoms with Crippen LogP contribution in [0.15, 0.2) is 0 Å². The van der Waals surface area contributed by atoms with E-state index < -0.39 is 73.3 Å². The molecule has 0 rings (SSSR count). The van der Waals surface area contributed by atoms with Gasteiger partial charge in [-0.05, 0) is 19.4 Å². The maximum Gasteiger partial charge on any atom is 0.392 e. The lowest BCUT2D eigenvalue weighted by atomic mass is 9.87. The normalized spacial score (nSPS) is 16.2. The van der Waals surface area contributed by atoms with E-state index in [9.17, 15) is 70.2 Å². The van der Waals surface area contributed by atoms with Gasteiger partial charge in [-0.15, -0.1) is 0 Å². The molecule has 0 radical (unpaired) electrons. The second-order valence-corrected chi connectivity index (χ2v) is 6.02. The summed E-state index contributed by atoms with van der Waals surface area (Å²) in [5.74, 6) is -54.7. The predicted octanol–water partition coefficient (Wildman–Crippen LogP) is 5.11. The summed E-state index contributed by atoms with van der Waals surface area (Å²) in [7, 11) is 0. The first-order valence-corrected chi connectivity index (χ1v) is 7.32. The second-order valence-electron chi connectivity index (χ2n) is 6.02. The number of halogens is 16. The highest BCUT2D eigenvalue weighted by Gasteiger charge is 2.94. The van der Waals surface area contributed by atoms with Crippen LogP contribution < -0.4 is 11.5 Å². The number of unbranched alkanes of at least 4 members (excludes halogenated alkanes) is 1. The van der Waals surface area contributed by atoms with Crippen LogP contribution in [0.25, 0.3) is 0 Å². The molecule has 0 spiro atoms. The number of alkyl halides is 16. The molecule has 0 bridgehead atoms. The summed E-state index contributed by atoms with van der Waals surface area (Å²) in [6, 6.07) is -6.75. The molecule has 2 nitrogen and oxygen atoms in total. The Balaban J connectivity index is 6.48. The minimum absolute atomic E-state index is 0.499. The van der Waals surface area contributed by atoms with Gasteiger partial charge < -0.3 is 5.73 Å². The smallest absolute Gasteiger partial charge is 0.330 e. The van der Waals surface area contributed by atoms with Crippen LogP contribution in [-0.2, 0) is 0 Å². The number of hydrogen-bond donors (Lipinski definition) is 2. The average Bonchev–Trinajstić information content (AvgIpc) is 2.52. The van der Waals surface area contributed by atoms with Gasteiger partial charge in [-0.3, -0.25) is 5.73 Å². The van der Waals surface area contributed by atoms with Crippen LogP contribution in [0.2, 0.25) is 0 Å². The van der Waals surface area contributed by atoms with Crippen molar-refractivity contribution in [2.24, 2.45) is 11.5 Å². The summed E-state index contributed by atoms with van der Waals surface area (Å²) in [6.07, 6.45) is -4.13. The summed E-state index contributed by atoms with van der Waals surface area (Å²) < 4.78 is 210. The summed E-state index contributed by atoms with van der Waals surface area (Å²) in [6.45, 7) is -0.499. The fourth-order valence-corrected chi connectivity index (χ4v) is 1.88. The Labute approximate surface area is 156 Å². The molecule has 0 atom stereocenters. The maximum absolute atomic E-state index is 13.4. The third-order valence-corrected chi connectivity index (χ3v) is 3.79. The van der Waals surface area contributed by atoms with E-state index in [0.29, 0.717) is 0 Å². The van der Waals surface area contributed by atoms with Gasteiger partial charge in [0, 0.05) is 6.42 Å². The van der Waals surface area contributed by atoms with Crippen molar-refractivity contribution in [1.29, 1.82) is 0 Å². The van der Waals surface area contributed by atoms with E-state index in [1.54, 1.807) is 0 Å². The van der Waals surface area contributed by atoms with Gasteiger partial charge in [0.1, 0.15) is 0 Å². The van der Waals surface area contributed by atoms with Crippen molar-refractivity contribution in [1.82, 2.24) is 0 Å². The molecule has 0 saturated heterocycles. The number of rotatable bonds is 11. The Morgan fingerprint density at radius 1 is 0.433 bits per heavy atom. The molecule has 4 N–H and O–H groups in total. The van der Waals surface area contributed by atoms with Crippen LogP contribution >= 0.6 is 0 Å². The molecular formula is C12H12F16N2. The third-order valence-electron chi connectivity index (χ3n) is 3.79. The van der Waals surface area contributed by atoms with Crippen molar-refractivity contribution in [3.63, 3.8) is 0 Å². The minimum Gasteiger partial charge on any atom is -0.330 e. The Bertz CT molecular complexity index is 594. The van der Waals surface area contributed by atoms with Crippen molar-refractivity contribution < 1.29 is 70.2 Å². The lowest BCUT2D eigenvalue weighted by molar-refractivity contribution is -0.453. The fourth-order valence-electron chi connectivity index (χ4n) is 1.88. The van der Waals surface area contributed by atoms with Crippen LogP contribution in [0.4, 0.5) is 70.2 Å². The monoisotopic (exact) mass is 488 g/mol. The maximum atomic E-state index is 13.4. The molecule has 0 aromatic carbocycles. The molecule has 0 aromatic heterocycles. The first kappa shape index (κ1) is 28.8. The predicted molar refractivity (Wildman–Crippen MR) is 66.7 cm³/mol. The zero-order chi connectivity index (χ0) is 24.8. The van der Waals surface area contributed by atoms with Gasteiger partial charge in [-0.2, -0.15) is 70.2 Å². The average molecular weight is 488 g/mol. The van der Waals surface area contributed by atoms with Crippen LogP contribution in [-0.4, -0.2) is 54.0 Å². The first-order valence-electron chi connectivity index (χ1n) is 7.32. The van der Waals surface area contributed by atoms with E-state index in [1.165, 1.54) is 0 Å². The van der Waals surface area contributed by atoms with Crippen LogP contribution in [0.1, 0.15) is 19.3 Å². The Kier molecular flexibility index (Phi) is 7.43. The Morgan fingerprint density at radius 3 is 1.03 bits per heavy atom. The van der Waals surface area contributed by atoms with Gasteiger partial charge in [-0.1, -0.05) is 0 Å². The summed E-state index contributed by atoms with van der Waals surface area (Å²) in [5.41, 5.74) is 7.94. The molecule has 0 aromatic rings. The summed E-state index contributed by atoms with van der Waals surface area (Å²) in [5, 5.41) is 0. The second kappa shape index (κ2) is 7.74. The highest BCUT2D eigenvalue weighted by atomic mass is 19.4. The highest BCUT2D eigenvalue weighted by molar-refractivity contribution is 5.15. The van der Waals surface area contributed by atoms with Gasteiger partial charge in [0.05, 0.1) is 0 Å². The molecule has 0 saturated carbocycles. The molecule has 0 fully saturated rings.